The van der Waals surface area contributed by atoms with Crippen molar-refractivity contribution in [3.05, 3.63) is 64.7 Å². The van der Waals surface area contributed by atoms with E-state index in [2.05, 4.69) is 16.0 Å². The number of carbonyl (C=O) groups is 2. The van der Waals surface area contributed by atoms with E-state index in [1.54, 1.807) is 48.5 Å². The third-order valence-electron chi connectivity index (χ3n) is 3.30. The third-order valence-corrected chi connectivity index (χ3v) is 3.83. The number of rotatable bonds is 5. The standard InChI is InChI=1S/C18H18ClN3O2S/c1-2-11-20-16(23)13-8-4-6-10-15(13)21-18(25)22-17(24)12-7-3-5-9-14(12)19/h3-10H,2,11H2,1H3,(H,20,23)(H2,21,22,24,25). The van der Waals surface area contributed by atoms with E-state index in [0.717, 1.165) is 6.42 Å². The molecule has 0 saturated heterocycles. The van der Waals surface area contributed by atoms with Crippen LogP contribution in [0.25, 0.3) is 0 Å². The summed E-state index contributed by atoms with van der Waals surface area (Å²) < 4.78 is 0. The summed E-state index contributed by atoms with van der Waals surface area (Å²) >= 11 is 11.2. The minimum Gasteiger partial charge on any atom is -0.352 e. The van der Waals surface area contributed by atoms with Crippen molar-refractivity contribution in [2.24, 2.45) is 0 Å². The van der Waals surface area contributed by atoms with E-state index in [9.17, 15) is 9.59 Å². The number of para-hydroxylation sites is 1. The molecule has 0 fully saturated rings. The number of halogens is 1. The average Bonchev–Trinajstić information content (AvgIpc) is 2.60. The molecule has 5 nitrogen and oxygen atoms in total. The Labute approximate surface area is 156 Å². The van der Waals surface area contributed by atoms with Gasteiger partial charge in [0.25, 0.3) is 11.8 Å². The first-order valence-electron chi connectivity index (χ1n) is 7.77. The van der Waals surface area contributed by atoms with Crippen molar-refractivity contribution in [1.82, 2.24) is 10.6 Å². The first kappa shape index (κ1) is 18.9. The second kappa shape index (κ2) is 9.15. The Balaban J connectivity index is 2.07. The van der Waals surface area contributed by atoms with Crippen molar-refractivity contribution in [1.29, 1.82) is 0 Å². The van der Waals surface area contributed by atoms with Crippen LogP contribution in [0.2, 0.25) is 5.02 Å². The van der Waals surface area contributed by atoms with Gasteiger partial charge >= 0.3 is 0 Å². The molecule has 0 saturated carbocycles. The Morgan fingerprint density at radius 2 is 1.64 bits per heavy atom. The molecule has 25 heavy (non-hydrogen) atoms. The van der Waals surface area contributed by atoms with Crippen LogP contribution in [0.5, 0.6) is 0 Å². The van der Waals surface area contributed by atoms with Crippen LogP contribution in [0, 0.1) is 0 Å². The summed E-state index contributed by atoms with van der Waals surface area (Å²) in [5.41, 5.74) is 1.29. The lowest BCUT2D eigenvalue weighted by molar-refractivity contribution is 0.0952. The molecule has 0 unspecified atom stereocenters. The second-order valence-corrected chi connectivity index (χ2v) is 6.01. The van der Waals surface area contributed by atoms with Gasteiger partial charge in [0.05, 0.1) is 21.8 Å². The third kappa shape index (κ3) is 5.27. The normalized spacial score (nSPS) is 10.0. The maximum absolute atomic E-state index is 12.2. The molecule has 0 aliphatic rings. The molecule has 0 radical (unpaired) electrons. The SMILES string of the molecule is CCCNC(=O)c1ccccc1NC(=S)NC(=O)c1ccccc1Cl. The molecule has 130 valence electrons. The fraction of sp³-hybridized carbons (Fsp3) is 0.167. The van der Waals surface area contributed by atoms with Crippen molar-refractivity contribution < 1.29 is 9.59 Å². The predicted molar refractivity (Wildman–Crippen MR) is 104 cm³/mol. The van der Waals surface area contributed by atoms with Crippen LogP contribution in [-0.2, 0) is 0 Å². The van der Waals surface area contributed by atoms with Crippen LogP contribution in [0.15, 0.2) is 48.5 Å². The lowest BCUT2D eigenvalue weighted by atomic mass is 10.1. The summed E-state index contributed by atoms with van der Waals surface area (Å²) in [5, 5.41) is 8.67. The number of hydrogen-bond donors (Lipinski definition) is 3. The predicted octanol–water partition coefficient (Wildman–Crippen LogP) is 3.61. The van der Waals surface area contributed by atoms with E-state index in [1.165, 1.54) is 0 Å². The van der Waals surface area contributed by atoms with Crippen molar-refractivity contribution >= 4 is 46.4 Å². The molecule has 2 aromatic carbocycles. The number of nitrogens with one attached hydrogen (secondary N) is 3. The van der Waals surface area contributed by atoms with Crippen molar-refractivity contribution in [2.45, 2.75) is 13.3 Å². The molecular formula is C18H18ClN3O2S. The lowest BCUT2D eigenvalue weighted by Crippen LogP contribution is -2.35. The van der Waals surface area contributed by atoms with Crippen LogP contribution in [0.1, 0.15) is 34.1 Å². The summed E-state index contributed by atoms with van der Waals surface area (Å²) in [4.78, 5) is 24.4. The number of anilines is 1. The van der Waals surface area contributed by atoms with Crippen LogP contribution >= 0.6 is 23.8 Å². The molecular weight excluding hydrogens is 358 g/mol. The number of hydrogen-bond acceptors (Lipinski definition) is 3. The molecule has 0 spiro atoms. The highest BCUT2D eigenvalue weighted by Gasteiger charge is 2.14. The Kier molecular flexibility index (Phi) is 6.91. The Hall–Kier alpha value is -2.44. The quantitative estimate of drug-likeness (QED) is 0.698. The maximum atomic E-state index is 12.2. The average molecular weight is 376 g/mol. The number of benzene rings is 2. The molecule has 0 aromatic heterocycles. The van der Waals surface area contributed by atoms with Gasteiger partial charge in [0.2, 0.25) is 0 Å². The van der Waals surface area contributed by atoms with Gasteiger partial charge in [-0.3, -0.25) is 14.9 Å². The van der Waals surface area contributed by atoms with E-state index >= 15 is 0 Å². The number of carbonyl (C=O) groups excluding carboxylic acids is 2. The summed E-state index contributed by atoms with van der Waals surface area (Å²) in [6.07, 6.45) is 0.841. The van der Waals surface area contributed by atoms with Crippen LogP contribution in [0.3, 0.4) is 0 Å². The van der Waals surface area contributed by atoms with E-state index in [4.69, 9.17) is 23.8 Å². The Morgan fingerprint density at radius 1 is 1.00 bits per heavy atom. The van der Waals surface area contributed by atoms with Gasteiger partial charge in [0.1, 0.15) is 0 Å². The Bertz CT molecular complexity index is 795. The molecule has 2 aromatic rings. The molecule has 0 heterocycles. The molecule has 7 heteroatoms. The van der Waals surface area contributed by atoms with Gasteiger partial charge in [-0.2, -0.15) is 0 Å². The van der Waals surface area contributed by atoms with E-state index < -0.39 is 5.91 Å². The lowest BCUT2D eigenvalue weighted by Gasteiger charge is -2.13. The molecule has 2 amide bonds. The van der Waals surface area contributed by atoms with Crippen molar-refractivity contribution in [3.63, 3.8) is 0 Å². The van der Waals surface area contributed by atoms with Gasteiger partial charge in [0, 0.05) is 6.54 Å². The minimum absolute atomic E-state index is 0.0839. The van der Waals surface area contributed by atoms with Crippen molar-refractivity contribution in [2.75, 3.05) is 11.9 Å². The van der Waals surface area contributed by atoms with Gasteiger partial charge in [-0.25, -0.2) is 0 Å². The van der Waals surface area contributed by atoms with Crippen LogP contribution in [-0.4, -0.2) is 23.5 Å². The van der Waals surface area contributed by atoms with E-state index in [1.807, 2.05) is 6.92 Å². The summed E-state index contributed by atoms with van der Waals surface area (Å²) in [6.45, 7) is 2.56. The molecule has 3 N–H and O–H groups in total. The highest BCUT2D eigenvalue weighted by Crippen LogP contribution is 2.16. The first-order valence-corrected chi connectivity index (χ1v) is 8.55. The van der Waals surface area contributed by atoms with Crippen molar-refractivity contribution in [3.8, 4) is 0 Å². The zero-order chi connectivity index (χ0) is 18.2. The van der Waals surface area contributed by atoms with Gasteiger partial charge < -0.3 is 10.6 Å². The minimum atomic E-state index is -0.420. The van der Waals surface area contributed by atoms with Gasteiger partial charge in [-0.15, -0.1) is 0 Å². The number of thiocarbonyl (C=S) groups is 1. The summed E-state index contributed by atoms with van der Waals surface area (Å²) in [7, 11) is 0. The molecule has 2 rings (SSSR count). The van der Waals surface area contributed by atoms with Crippen LogP contribution in [0.4, 0.5) is 5.69 Å². The van der Waals surface area contributed by atoms with Gasteiger partial charge in [0.15, 0.2) is 5.11 Å². The highest BCUT2D eigenvalue weighted by molar-refractivity contribution is 7.80. The fourth-order valence-electron chi connectivity index (χ4n) is 2.09. The monoisotopic (exact) mass is 375 g/mol. The summed E-state index contributed by atoms with van der Waals surface area (Å²) in [6, 6.07) is 13.6. The maximum Gasteiger partial charge on any atom is 0.258 e. The number of amides is 2. The molecule has 0 atom stereocenters. The smallest absolute Gasteiger partial charge is 0.258 e. The van der Waals surface area contributed by atoms with E-state index in [0.29, 0.717) is 28.4 Å². The highest BCUT2D eigenvalue weighted by atomic mass is 35.5. The zero-order valence-electron chi connectivity index (χ0n) is 13.6. The molecule has 0 aliphatic carbocycles. The topological polar surface area (TPSA) is 70.2 Å². The fourth-order valence-corrected chi connectivity index (χ4v) is 2.52. The largest absolute Gasteiger partial charge is 0.352 e. The zero-order valence-corrected chi connectivity index (χ0v) is 15.2. The van der Waals surface area contributed by atoms with Crippen LogP contribution < -0.4 is 16.0 Å². The molecule has 0 bridgehead atoms. The van der Waals surface area contributed by atoms with Gasteiger partial charge in [-0.05, 0) is 42.9 Å². The Morgan fingerprint density at radius 3 is 2.32 bits per heavy atom. The van der Waals surface area contributed by atoms with E-state index in [-0.39, 0.29) is 11.0 Å². The summed E-state index contributed by atoms with van der Waals surface area (Å²) in [5.74, 6) is -0.624. The first-order chi connectivity index (χ1) is 12.0. The van der Waals surface area contributed by atoms with Gasteiger partial charge in [-0.1, -0.05) is 42.8 Å². The molecule has 0 aliphatic heterocycles. The second-order valence-electron chi connectivity index (χ2n) is 5.19.